The van der Waals surface area contributed by atoms with Gasteiger partial charge in [0.2, 0.25) is 5.91 Å². The highest BCUT2D eigenvalue weighted by Crippen LogP contribution is 2.47. The third-order valence-electron chi connectivity index (χ3n) is 4.37. The third-order valence-corrected chi connectivity index (χ3v) is 4.66. The molecule has 0 spiro atoms. The highest BCUT2D eigenvalue weighted by molar-refractivity contribution is 7.71. The lowest BCUT2D eigenvalue weighted by Gasteiger charge is -2.10. The van der Waals surface area contributed by atoms with Crippen LogP contribution in [0.5, 0.6) is 0 Å². The number of hydrogen-bond donors (Lipinski definition) is 2. The first-order valence-electron chi connectivity index (χ1n) is 8.16. The van der Waals surface area contributed by atoms with E-state index in [1.807, 2.05) is 18.4 Å². The molecule has 1 fully saturated rings. The summed E-state index contributed by atoms with van der Waals surface area (Å²) in [6.07, 6.45) is 1.45. The maximum absolute atomic E-state index is 12.9. The van der Waals surface area contributed by atoms with Crippen LogP contribution in [0.1, 0.15) is 43.6 Å². The van der Waals surface area contributed by atoms with Crippen LogP contribution in [-0.4, -0.2) is 27.2 Å². The number of carbonyl (C=O) groups excluding carboxylic acids is 1. The normalized spacial score (nSPS) is 19.5. The lowest BCUT2D eigenvalue weighted by molar-refractivity contribution is -0.122. The quantitative estimate of drug-likeness (QED) is 0.789. The smallest absolute Gasteiger partial charge is 0.223 e. The second kappa shape index (κ2) is 6.84. The molecule has 1 amide bonds. The highest BCUT2D eigenvalue weighted by Gasteiger charge is 2.43. The van der Waals surface area contributed by atoms with Gasteiger partial charge >= 0.3 is 0 Å². The summed E-state index contributed by atoms with van der Waals surface area (Å²) in [5.41, 5.74) is 1.03. The third kappa shape index (κ3) is 3.56. The van der Waals surface area contributed by atoms with Crippen molar-refractivity contribution in [1.29, 1.82) is 0 Å². The zero-order valence-corrected chi connectivity index (χ0v) is 14.6. The van der Waals surface area contributed by atoms with Gasteiger partial charge in [-0.25, -0.2) is 4.39 Å². The molecule has 0 unspecified atom stereocenters. The summed E-state index contributed by atoms with van der Waals surface area (Å²) in [6, 6.07) is 6.63. The van der Waals surface area contributed by atoms with E-state index in [4.69, 9.17) is 12.2 Å². The number of nitrogens with zero attached hydrogens (tertiary/aromatic N) is 2. The van der Waals surface area contributed by atoms with Crippen molar-refractivity contribution in [3.05, 3.63) is 46.2 Å². The van der Waals surface area contributed by atoms with E-state index in [9.17, 15) is 9.18 Å². The number of carbonyl (C=O) groups is 1. The summed E-state index contributed by atoms with van der Waals surface area (Å²) in [5, 5.41) is 9.99. The Morgan fingerprint density at radius 2 is 2.17 bits per heavy atom. The first-order chi connectivity index (χ1) is 11.5. The Labute approximate surface area is 145 Å². The number of rotatable bonds is 6. The molecule has 1 heterocycles. The standard InChI is InChI=1S/C17H21FN4OS/c1-10(2)22-15(20-21-17(22)24)7-8-19-16(23)14-9-13(14)11-3-5-12(18)6-4-11/h3-6,10,13-14H,7-9H2,1-2H3,(H,19,23)(H,21,24)/t13-,14+/m0/s1. The van der Waals surface area contributed by atoms with Gasteiger partial charge in [-0.2, -0.15) is 5.10 Å². The average molecular weight is 348 g/mol. The first kappa shape index (κ1) is 16.8. The minimum absolute atomic E-state index is 0.0126. The summed E-state index contributed by atoms with van der Waals surface area (Å²) in [5.74, 6) is 0.840. The van der Waals surface area contributed by atoms with Crippen molar-refractivity contribution >= 4 is 18.1 Å². The van der Waals surface area contributed by atoms with Crippen molar-refractivity contribution in [2.45, 2.75) is 38.6 Å². The molecule has 1 aliphatic carbocycles. The number of hydrogen-bond acceptors (Lipinski definition) is 3. The molecule has 0 saturated heterocycles. The Morgan fingerprint density at radius 3 is 2.83 bits per heavy atom. The summed E-state index contributed by atoms with van der Waals surface area (Å²) in [7, 11) is 0. The van der Waals surface area contributed by atoms with Crippen LogP contribution >= 0.6 is 12.2 Å². The van der Waals surface area contributed by atoms with Crippen LogP contribution in [0.2, 0.25) is 0 Å². The van der Waals surface area contributed by atoms with E-state index in [0.717, 1.165) is 17.8 Å². The van der Waals surface area contributed by atoms with Crippen molar-refractivity contribution in [1.82, 2.24) is 20.1 Å². The van der Waals surface area contributed by atoms with Crippen LogP contribution in [0.15, 0.2) is 24.3 Å². The van der Waals surface area contributed by atoms with Crippen LogP contribution in [0.3, 0.4) is 0 Å². The Morgan fingerprint density at radius 1 is 1.46 bits per heavy atom. The van der Waals surface area contributed by atoms with Gasteiger partial charge < -0.3 is 9.88 Å². The Kier molecular flexibility index (Phi) is 4.80. The Hall–Kier alpha value is -2.02. The van der Waals surface area contributed by atoms with Gasteiger partial charge in [-0.3, -0.25) is 9.89 Å². The molecule has 2 aromatic rings. The molecule has 5 nitrogen and oxygen atoms in total. The molecule has 7 heteroatoms. The van der Waals surface area contributed by atoms with Gasteiger partial charge in [0.25, 0.3) is 0 Å². The molecule has 1 aromatic heterocycles. The molecular formula is C17H21FN4OS. The monoisotopic (exact) mass is 348 g/mol. The van der Waals surface area contributed by atoms with Gasteiger partial charge in [-0.05, 0) is 56.1 Å². The van der Waals surface area contributed by atoms with Gasteiger partial charge in [0.05, 0.1) is 0 Å². The first-order valence-corrected chi connectivity index (χ1v) is 8.57. The molecule has 24 heavy (non-hydrogen) atoms. The van der Waals surface area contributed by atoms with Crippen LogP contribution in [0, 0.1) is 16.5 Å². The number of benzene rings is 1. The molecule has 2 atom stereocenters. The fourth-order valence-electron chi connectivity index (χ4n) is 3.04. The molecule has 3 rings (SSSR count). The average Bonchev–Trinajstić information content (AvgIpc) is 3.25. The molecular weight excluding hydrogens is 327 g/mol. The molecule has 1 aliphatic rings. The summed E-state index contributed by atoms with van der Waals surface area (Å²) in [4.78, 5) is 12.2. The number of amides is 1. The zero-order chi connectivity index (χ0) is 17.3. The second-order valence-corrected chi connectivity index (χ2v) is 6.84. The van der Waals surface area contributed by atoms with Gasteiger partial charge in [-0.1, -0.05) is 12.1 Å². The molecule has 0 bridgehead atoms. The van der Waals surface area contributed by atoms with Gasteiger partial charge in [0.15, 0.2) is 4.77 Å². The summed E-state index contributed by atoms with van der Waals surface area (Å²) in [6.45, 7) is 4.62. The second-order valence-electron chi connectivity index (χ2n) is 6.45. The number of aromatic amines is 1. The van der Waals surface area contributed by atoms with Gasteiger partial charge in [0, 0.05) is 24.9 Å². The highest BCUT2D eigenvalue weighted by atomic mass is 32.1. The fraction of sp³-hybridized carbons (Fsp3) is 0.471. The van der Waals surface area contributed by atoms with E-state index >= 15 is 0 Å². The van der Waals surface area contributed by atoms with Gasteiger partial charge in [0.1, 0.15) is 11.6 Å². The lowest BCUT2D eigenvalue weighted by atomic mass is 10.1. The van der Waals surface area contributed by atoms with Crippen molar-refractivity contribution in [2.24, 2.45) is 5.92 Å². The predicted molar refractivity (Wildman–Crippen MR) is 91.8 cm³/mol. The van der Waals surface area contributed by atoms with Crippen LogP contribution in [-0.2, 0) is 11.2 Å². The molecule has 2 N–H and O–H groups in total. The molecule has 1 saturated carbocycles. The van der Waals surface area contributed by atoms with E-state index in [1.165, 1.54) is 12.1 Å². The predicted octanol–water partition coefficient (Wildman–Crippen LogP) is 3.12. The van der Waals surface area contributed by atoms with Crippen molar-refractivity contribution < 1.29 is 9.18 Å². The maximum Gasteiger partial charge on any atom is 0.223 e. The van der Waals surface area contributed by atoms with Crippen molar-refractivity contribution in [3.63, 3.8) is 0 Å². The number of halogens is 1. The van der Waals surface area contributed by atoms with E-state index in [2.05, 4.69) is 15.5 Å². The number of aromatic nitrogens is 3. The number of nitrogens with one attached hydrogen (secondary N) is 2. The van der Waals surface area contributed by atoms with E-state index in [1.54, 1.807) is 12.1 Å². The SMILES string of the molecule is CC(C)n1c(CCNC(=O)[C@@H]2C[C@H]2c2ccc(F)cc2)n[nH]c1=S. The fourth-order valence-corrected chi connectivity index (χ4v) is 3.40. The number of H-pyrrole nitrogens is 1. The van der Waals surface area contributed by atoms with Gasteiger partial charge in [-0.15, -0.1) is 0 Å². The Balaban J connectivity index is 1.51. The maximum atomic E-state index is 12.9. The van der Waals surface area contributed by atoms with Crippen LogP contribution in [0.25, 0.3) is 0 Å². The molecule has 0 aliphatic heterocycles. The van der Waals surface area contributed by atoms with Crippen LogP contribution < -0.4 is 5.32 Å². The molecule has 1 aromatic carbocycles. The minimum Gasteiger partial charge on any atom is -0.355 e. The van der Waals surface area contributed by atoms with E-state index < -0.39 is 0 Å². The molecule has 128 valence electrons. The van der Waals surface area contributed by atoms with E-state index in [0.29, 0.717) is 17.7 Å². The van der Waals surface area contributed by atoms with Crippen molar-refractivity contribution in [3.8, 4) is 0 Å². The Bertz CT molecular complexity index is 781. The minimum atomic E-state index is -0.251. The summed E-state index contributed by atoms with van der Waals surface area (Å²) < 4.78 is 15.5. The topological polar surface area (TPSA) is 62.7 Å². The van der Waals surface area contributed by atoms with Crippen molar-refractivity contribution in [2.75, 3.05) is 6.54 Å². The van der Waals surface area contributed by atoms with E-state index in [-0.39, 0.29) is 29.6 Å². The molecule has 0 radical (unpaired) electrons. The van der Waals surface area contributed by atoms with Crippen LogP contribution in [0.4, 0.5) is 4.39 Å². The largest absolute Gasteiger partial charge is 0.355 e. The zero-order valence-electron chi connectivity index (χ0n) is 13.8. The lowest BCUT2D eigenvalue weighted by Crippen LogP contribution is -2.28. The summed E-state index contributed by atoms with van der Waals surface area (Å²) >= 11 is 5.21.